The maximum atomic E-state index is 12.6. The summed E-state index contributed by atoms with van der Waals surface area (Å²) in [6, 6.07) is 3.09. The fourth-order valence-electron chi connectivity index (χ4n) is 1.45. The highest BCUT2D eigenvalue weighted by molar-refractivity contribution is 7.71. The Balaban J connectivity index is 2.59. The molecule has 0 amide bonds. The van der Waals surface area contributed by atoms with Gasteiger partial charge in [0.25, 0.3) is 0 Å². The number of aromatic amines is 1. The molecule has 3 nitrogen and oxygen atoms in total. The predicted molar refractivity (Wildman–Crippen MR) is 62.4 cm³/mol. The third-order valence-corrected chi connectivity index (χ3v) is 2.41. The van der Waals surface area contributed by atoms with Gasteiger partial charge in [0, 0.05) is 18.0 Å². The monoisotopic (exact) mass is 271 g/mol. The third-order valence-electron chi connectivity index (χ3n) is 2.20. The van der Waals surface area contributed by atoms with Crippen LogP contribution in [0.4, 0.5) is 13.2 Å². The number of nitrogens with one attached hydrogen (secondary N) is 1. The highest BCUT2D eigenvalue weighted by atomic mass is 32.1. The zero-order chi connectivity index (χ0) is 13.3. The van der Waals surface area contributed by atoms with Crippen LogP contribution in [0.3, 0.4) is 0 Å². The van der Waals surface area contributed by atoms with Gasteiger partial charge in [-0.05, 0) is 24.6 Å². The fourth-order valence-corrected chi connectivity index (χ4v) is 1.66. The molecule has 18 heavy (non-hydrogen) atoms. The number of nitrogens with zero attached hydrogens (tertiary/aromatic N) is 2. The molecule has 0 spiro atoms. The van der Waals surface area contributed by atoms with E-state index < -0.39 is 12.0 Å². The molecule has 94 valence electrons. The van der Waals surface area contributed by atoms with Crippen molar-refractivity contribution in [2.45, 2.75) is 13.1 Å². The number of pyridine rings is 1. The quantitative estimate of drug-likeness (QED) is 0.807. The Labute approximate surface area is 106 Å². The van der Waals surface area contributed by atoms with Crippen LogP contribution in [0.2, 0.25) is 0 Å². The third kappa shape index (κ3) is 2.73. The van der Waals surface area contributed by atoms with Gasteiger partial charge < -0.3 is 4.98 Å². The van der Waals surface area contributed by atoms with Crippen LogP contribution in [0.15, 0.2) is 24.5 Å². The van der Waals surface area contributed by atoms with Crippen LogP contribution < -0.4 is 0 Å². The molecule has 2 heterocycles. The Bertz CT molecular complexity index is 634. The molecule has 0 unspecified atom stereocenters. The molecule has 0 aliphatic carbocycles. The molecule has 0 aliphatic heterocycles. The van der Waals surface area contributed by atoms with Gasteiger partial charge in [-0.2, -0.15) is 13.2 Å². The van der Waals surface area contributed by atoms with Crippen molar-refractivity contribution in [1.29, 1.82) is 0 Å². The first-order valence-corrected chi connectivity index (χ1v) is 5.37. The lowest BCUT2D eigenvalue weighted by molar-refractivity contribution is -0.144. The van der Waals surface area contributed by atoms with E-state index in [4.69, 9.17) is 12.2 Å². The summed E-state index contributed by atoms with van der Waals surface area (Å²) in [5.41, 5.74) is 1.63. The Morgan fingerprint density at radius 1 is 1.22 bits per heavy atom. The van der Waals surface area contributed by atoms with Crippen LogP contribution >= 0.6 is 12.2 Å². The largest absolute Gasteiger partial charge is 0.449 e. The van der Waals surface area contributed by atoms with Crippen molar-refractivity contribution >= 4 is 12.2 Å². The minimum Gasteiger partial charge on any atom is -0.335 e. The van der Waals surface area contributed by atoms with Crippen molar-refractivity contribution in [1.82, 2.24) is 15.0 Å². The minimum atomic E-state index is -4.55. The molecule has 0 aliphatic rings. The molecular formula is C11H8F3N3S. The van der Waals surface area contributed by atoms with E-state index in [1.165, 1.54) is 12.3 Å². The van der Waals surface area contributed by atoms with Crippen LogP contribution in [0.1, 0.15) is 11.4 Å². The van der Waals surface area contributed by atoms with Crippen LogP contribution in [0, 0.1) is 11.6 Å². The molecule has 2 rings (SSSR count). The van der Waals surface area contributed by atoms with Gasteiger partial charge in [0.15, 0.2) is 0 Å². The van der Waals surface area contributed by atoms with Crippen LogP contribution in [0.25, 0.3) is 11.3 Å². The summed E-state index contributed by atoms with van der Waals surface area (Å²) in [6.07, 6.45) is -1.47. The Hall–Kier alpha value is -1.76. The van der Waals surface area contributed by atoms with Gasteiger partial charge in [0.05, 0.1) is 5.69 Å². The Morgan fingerprint density at radius 2 is 1.94 bits per heavy atom. The number of aryl methyl sites for hydroxylation is 1. The molecule has 0 fully saturated rings. The molecule has 0 atom stereocenters. The first-order valence-electron chi connectivity index (χ1n) is 4.97. The molecule has 0 saturated heterocycles. The summed E-state index contributed by atoms with van der Waals surface area (Å²) in [5, 5.41) is 0. The fraction of sp³-hybridized carbons (Fsp3) is 0.182. The van der Waals surface area contributed by atoms with Gasteiger partial charge in [0.1, 0.15) is 4.64 Å². The van der Waals surface area contributed by atoms with Crippen LogP contribution in [-0.2, 0) is 6.18 Å². The molecule has 0 saturated carbocycles. The molecule has 0 radical (unpaired) electrons. The topological polar surface area (TPSA) is 41.6 Å². The summed E-state index contributed by atoms with van der Waals surface area (Å²) in [7, 11) is 0. The second-order valence-electron chi connectivity index (χ2n) is 3.73. The first kappa shape index (κ1) is 12.7. The van der Waals surface area contributed by atoms with E-state index in [2.05, 4.69) is 15.0 Å². The summed E-state index contributed by atoms with van der Waals surface area (Å²) in [4.78, 5) is 9.42. The lowest BCUT2D eigenvalue weighted by Gasteiger charge is -2.08. The first-order chi connectivity index (χ1) is 8.36. The molecule has 1 N–H and O–H groups in total. The summed E-state index contributed by atoms with van der Waals surface area (Å²) in [5.74, 6) is -1.11. The number of alkyl halides is 3. The van der Waals surface area contributed by atoms with E-state index in [9.17, 15) is 13.2 Å². The minimum absolute atomic E-state index is 0.113. The van der Waals surface area contributed by atoms with Crippen molar-refractivity contribution in [3.05, 3.63) is 40.6 Å². The smallest absolute Gasteiger partial charge is 0.335 e. The van der Waals surface area contributed by atoms with E-state index in [0.29, 0.717) is 5.56 Å². The average Bonchev–Trinajstić information content (AvgIpc) is 2.27. The van der Waals surface area contributed by atoms with E-state index in [0.717, 1.165) is 5.56 Å². The summed E-state index contributed by atoms with van der Waals surface area (Å²) in [6.45, 7) is 1.80. The van der Waals surface area contributed by atoms with Crippen molar-refractivity contribution in [2.24, 2.45) is 0 Å². The number of hydrogen-bond acceptors (Lipinski definition) is 3. The van der Waals surface area contributed by atoms with E-state index in [1.54, 1.807) is 19.2 Å². The molecule has 2 aromatic rings. The van der Waals surface area contributed by atoms with Crippen molar-refractivity contribution in [3.8, 4) is 11.3 Å². The van der Waals surface area contributed by atoms with Gasteiger partial charge in [-0.1, -0.05) is 12.2 Å². The molecule has 0 bridgehead atoms. The standard InChI is InChI=1S/C11H8F3N3S/c1-6-2-7(5-15-4-6)8-3-9(18)17-10(16-8)11(12,13)14/h2-5H,1H3,(H,16,17,18). The molecule has 7 heteroatoms. The van der Waals surface area contributed by atoms with Gasteiger partial charge >= 0.3 is 6.18 Å². The van der Waals surface area contributed by atoms with Crippen LogP contribution in [0.5, 0.6) is 0 Å². The second-order valence-corrected chi connectivity index (χ2v) is 4.15. The maximum Gasteiger partial charge on any atom is 0.449 e. The molecular weight excluding hydrogens is 263 g/mol. The van der Waals surface area contributed by atoms with Gasteiger partial charge in [-0.15, -0.1) is 0 Å². The van der Waals surface area contributed by atoms with Gasteiger partial charge in [0.2, 0.25) is 5.82 Å². The van der Waals surface area contributed by atoms with E-state index in [-0.39, 0.29) is 10.3 Å². The SMILES string of the molecule is Cc1cncc(-c2cc(=S)nc(C(F)(F)F)[nH]2)c1. The van der Waals surface area contributed by atoms with Crippen molar-refractivity contribution in [2.75, 3.05) is 0 Å². The van der Waals surface area contributed by atoms with Gasteiger partial charge in [-0.25, -0.2) is 4.98 Å². The number of rotatable bonds is 1. The Kier molecular flexibility index (Phi) is 3.16. The highest BCUT2D eigenvalue weighted by Gasteiger charge is 2.34. The van der Waals surface area contributed by atoms with E-state index >= 15 is 0 Å². The number of H-pyrrole nitrogens is 1. The van der Waals surface area contributed by atoms with Crippen molar-refractivity contribution < 1.29 is 13.2 Å². The summed E-state index contributed by atoms with van der Waals surface area (Å²) >= 11 is 4.74. The number of halogens is 3. The average molecular weight is 271 g/mol. The lowest BCUT2D eigenvalue weighted by Crippen LogP contribution is -2.11. The number of aromatic nitrogens is 3. The molecule has 0 aromatic carbocycles. The highest BCUT2D eigenvalue weighted by Crippen LogP contribution is 2.28. The van der Waals surface area contributed by atoms with E-state index in [1.807, 2.05) is 0 Å². The zero-order valence-corrected chi connectivity index (χ0v) is 10.1. The zero-order valence-electron chi connectivity index (χ0n) is 9.25. The summed E-state index contributed by atoms with van der Waals surface area (Å²) < 4.78 is 37.6. The van der Waals surface area contributed by atoms with Crippen molar-refractivity contribution in [3.63, 3.8) is 0 Å². The Morgan fingerprint density at radius 3 is 2.56 bits per heavy atom. The molecule has 2 aromatic heterocycles. The van der Waals surface area contributed by atoms with Gasteiger partial charge in [-0.3, -0.25) is 4.98 Å². The predicted octanol–water partition coefficient (Wildman–Crippen LogP) is 3.53. The lowest BCUT2D eigenvalue weighted by atomic mass is 10.1. The number of hydrogen-bond donors (Lipinski definition) is 1. The maximum absolute atomic E-state index is 12.6. The second kappa shape index (κ2) is 4.49. The van der Waals surface area contributed by atoms with Crippen LogP contribution in [-0.4, -0.2) is 15.0 Å². The normalized spacial score (nSPS) is 11.6.